The normalized spacial score (nSPS) is 34.2. The standard InChI is InChI=1S/C27H34O5/c1-17-11-12-22(28)26(4,5)14-13-18(2)24(29)27(31)16-19(3)23(21(27)15-17)32-25(30)20-9-7-6-8-10-20/h6-10,13,15,19,21,23,31H,11-12,14,16H2,1-5H3/b17-15+,18-13+/t19-,21-,23-,27+/m0/s1. The second-order valence-electron chi connectivity index (χ2n) is 10.1. The molecule has 4 atom stereocenters. The third kappa shape index (κ3) is 4.78. The molecule has 0 radical (unpaired) electrons. The number of Topliss-reactive ketones (excluding diaryl/α,β-unsaturated/α-hetero) is 2. The van der Waals surface area contributed by atoms with Crippen molar-refractivity contribution >= 4 is 17.5 Å². The summed E-state index contributed by atoms with van der Waals surface area (Å²) in [5, 5.41) is 11.7. The number of carbonyl (C=O) groups excluding carboxylic acids is 3. The molecule has 1 fully saturated rings. The Labute approximate surface area is 190 Å². The van der Waals surface area contributed by atoms with E-state index >= 15 is 0 Å². The van der Waals surface area contributed by atoms with Crippen molar-refractivity contribution in [2.45, 2.75) is 72.0 Å². The maximum atomic E-state index is 13.4. The van der Waals surface area contributed by atoms with E-state index in [1.54, 1.807) is 37.3 Å². The minimum Gasteiger partial charge on any atom is -0.458 e. The van der Waals surface area contributed by atoms with E-state index in [4.69, 9.17) is 4.74 Å². The van der Waals surface area contributed by atoms with Crippen LogP contribution in [0.3, 0.4) is 0 Å². The predicted octanol–water partition coefficient (Wildman–Crippen LogP) is 4.84. The number of fused-ring (bicyclic) bond motifs is 1. The number of ketones is 2. The molecule has 0 saturated heterocycles. The molecule has 1 saturated carbocycles. The van der Waals surface area contributed by atoms with Crippen molar-refractivity contribution in [3.05, 3.63) is 59.2 Å². The highest BCUT2D eigenvalue weighted by molar-refractivity contribution is 6.02. The van der Waals surface area contributed by atoms with Crippen LogP contribution in [0.1, 0.15) is 70.7 Å². The highest BCUT2D eigenvalue weighted by Gasteiger charge is 2.56. The third-order valence-corrected chi connectivity index (χ3v) is 6.99. The summed E-state index contributed by atoms with van der Waals surface area (Å²) in [6.45, 7) is 9.27. The van der Waals surface area contributed by atoms with Gasteiger partial charge in [0.1, 0.15) is 17.5 Å². The van der Waals surface area contributed by atoms with Crippen molar-refractivity contribution in [3.8, 4) is 0 Å². The first-order valence-corrected chi connectivity index (χ1v) is 11.4. The summed E-state index contributed by atoms with van der Waals surface area (Å²) >= 11 is 0. The Morgan fingerprint density at radius 3 is 2.41 bits per heavy atom. The number of allylic oxidation sites excluding steroid dienone is 2. The Bertz CT molecular complexity index is 956. The average Bonchev–Trinajstić information content (AvgIpc) is 2.99. The molecule has 2 aliphatic rings. The SMILES string of the molecule is C/C1=C\[C@H]2[C@@H](OC(=O)c3ccccc3)[C@@H](C)C[C@]2(O)C(=O)/C(C)=C/CC(C)(C)C(=O)CC1. The van der Waals surface area contributed by atoms with Crippen molar-refractivity contribution in [2.24, 2.45) is 17.3 Å². The zero-order valence-corrected chi connectivity index (χ0v) is 19.7. The first kappa shape index (κ1) is 24.1. The minimum absolute atomic E-state index is 0.143. The summed E-state index contributed by atoms with van der Waals surface area (Å²) in [6.07, 6.45) is 4.55. The van der Waals surface area contributed by atoms with Gasteiger partial charge in [0.2, 0.25) is 0 Å². The molecule has 0 spiro atoms. The molecule has 0 aromatic heterocycles. The van der Waals surface area contributed by atoms with Gasteiger partial charge in [0.15, 0.2) is 5.78 Å². The van der Waals surface area contributed by atoms with Gasteiger partial charge in [-0.2, -0.15) is 0 Å². The fourth-order valence-electron chi connectivity index (χ4n) is 4.80. The maximum absolute atomic E-state index is 13.4. The molecule has 0 unspecified atom stereocenters. The summed E-state index contributed by atoms with van der Waals surface area (Å²) in [6, 6.07) is 8.72. The summed E-state index contributed by atoms with van der Waals surface area (Å²) in [4.78, 5) is 39.0. The third-order valence-electron chi connectivity index (χ3n) is 6.99. The summed E-state index contributed by atoms with van der Waals surface area (Å²) in [7, 11) is 0. The molecule has 2 aliphatic carbocycles. The molecule has 0 aliphatic heterocycles. The zero-order chi connectivity index (χ0) is 23.7. The maximum Gasteiger partial charge on any atom is 0.338 e. The first-order chi connectivity index (χ1) is 15.0. The number of ether oxygens (including phenoxy) is 1. The van der Waals surface area contributed by atoms with Crippen LogP contribution in [0.5, 0.6) is 0 Å². The molecular formula is C27H34O5. The average molecular weight is 439 g/mol. The van der Waals surface area contributed by atoms with Gasteiger partial charge in [0, 0.05) is 11.8 Å². The fraction of sp³-hybridized carbons (Fsp3) is 0.519. The molecule has 32 heavy (non-hydrogen) atoms. The molecule has 1 N–H and O–H groups in total. The predicted molar refractivity (Wildman–Crippen MR) is 123 cm³/mol. The molecule has 5 heteroatoms. The molecule has 3 rings (SSSR count). The molecule has 0 heterocycles. The largest absolute Gasteiger partial charge is 0.458 e. The summed E-state index contributed by atoms with van der Waals surface area (Å²) in [5.41, 5.74) is -0.454. The molecule has 172 valence electrons. The lowest BCUT2D eigenvalue weighted by Gasteiger charge is -2.31. The van der Waals surface area contributed by atoms with Crippen LogP contribution < -0.4 is 0 Å². The van der Waals surface area contributed by atoms with Crippen LogP contribution in [0.25, 0.3) is 0 Å². The Morgan fingerprint density at radius 2 is 1.75 bits per heavy atom. The minimum atomic E-state index is -1.66. The lowest BCUT2D eigenvalue weighted by Crippen LogP contribution is -2.45. The zero-order valence-electron chi connectivity index (χ0n) is 19.7. The van der Waals surface area contributed by atoms with Crippen LogP contribution in [0.2, 0.25) is 0 Å². The number of aliphatic hydroxyl groups is 1. The smallest absolute Gasteiger partial charge is 0.338 e. The Kier molecular flexibility index (Phi) is 6.89. The van der Waals surface area contributed by atoms with E-state index in [0.717, 1.165) is 5.57 Å². The van der Waals surface area contributed by atoms with Gasteiger partial charge in [-0.3, -0.25) is 9.59 Å². The van der Waals surface area contributed by atoms with Crippen LogP contribution in [0.4, 0.5) is 0 Å². The molecule has 5 nitrogen and oxygen atoms in total. The van der Waals surface area contributed by atoms with Crippen molar-refractivity contribution < 1.29 is 24.2 Å². The fourth-order valence-corrected chi connectivity index (χ4v) is 4.80. The summed E-state index contributed by atoms with van der Waals surface area (Å²) < 4.78 is 5.87. The quantitative estimate of drug-likeness (QED) is 0.528. The van der Waals surface area contributed by atoms with Crippen LogP contribution in [-0.4, -0.2) is 34.3 Å². The van der Waals surface area contributed by atoms with Gasteiger partial charge in [-0.15, -0.1) is 0 Å². The van der Waals surface area contributed by atoms with Gasteiger partial charge < -0.3 is 9.84 Å². The van der Waals surface area contributed by atoms with Crippen LogP contribution in [-0.2, 0) is 14.3 Å². The van der Waals surface area contributed by atoms with E-state index in [1.807, 2.05) is 39.8 Å². The van der Waals surface area contributed by atoms with Crippen LogP contribution >= 0.6 is 0 Å². The van der Waals surface area contributed by atoms with Gasteiger partial charge >= 0.3 is 5.97 Å². The van der Waals surface area contributed by atoms with E-state index in [0.29, 0.717) is 30.4 Å². The summed E-state index contributed by atoms with van der Waals surface area (Å²) in [5.74, 6) is -1.57. The number of benzene rings is 1. The number of hydrogen-bond donors (Lipinski definition) is 1. The lowest BCUT2D eigenvalue weighted by molar-refractivity contribution is -0.137. The second-order valence-corrected chi connectivity index (χ2v) is 10.1. The van der Waals surface area contributed by atoms with E-state index in [9.17, 15) is 19.5 Å². The highest BCUT2D eigenvalue weighted by atomic mass is 16.5. The topological polar surface area (TPSA) is 80.7 Å². The number of carbonyl (C=O) groups is 3. The van der Waals surface area contributed by atoms with Crippen molar-refractivity contribution in [1.82, 2.24) is 0 Å². The van der Waals surface area contributed by atoms with E-state index in [2.05, 4.69) is 0 Å². The van der Waals surface area contributed by atoms with Gasteiger partial charge in [-0.25, -0.2) is 4.79 Å². The monoisotopic (exact) mass is 438 g/mol. The van der Waals surface area contributed by atoms with E-state index in [1.165, 1.54) is 0 Å². The molecule has 0 bridgehead atoms. The van der Waals surface area contributed by atoms with Gasteiger partial charge in [0.05, 0.1) is 11.5 Å². The van der Waals surface area contributed by atoms with Gasteiger partial charge in [-0.05, 0) is 56.7 Å². The highest BCUT2D eigenvalue weighted by Crippen LogP contribution is 2.45. The molecule has 0 amide bonds. The molecular weight excluding hydrogens is 404 g/mol. The first-order valence-electron chi connectivity index (χ1n) is 11.4. The van der Waals surface area contributed by atoms with E-state index in [-0.39, 0.29) is 23.9 Å². The van der Waals surface area contributed by atoms with Crippen molar-refractivity contribution in [2.75, 3.05) is 0 Å². The van der Waals surface area contributed by atoms with Crippen LogP contribution in [0, 0.1) is 17.3 Å². The lowest BCUT2D eigenvalue weighted by atomic mass is 9.77. The Balaban J connectivity index is 2.00. The second kappa shape index (κ2) is 9.14. The molecule has 1 aromatic carbocycles. The Morgan fingerprint density at radius 1 is 1.09 bits per heavy atom. The van der Waals surface area contributed by atoms with Crippen LogP contribution in [0.15, 0.2) is 53.6 Å². The van der Waals surface area contributed by atoms with Crippen molar-refractivity contribution in [3.63, 3.8) is 0 Å². The van der Waals surface area contributed by atoms with Gasteiger partial charge in [-0.1, -0.05) is 56.7 Å². The van der Waals surface area contributed by atoms with E-state index < -0.39 is 29.0 Å². The molecule has 1 aromatic rings. The number of esters is 1. The Hall–Kier alpha value is -2.53. The number of rotatable bonds is 2. The van der Waals surface area contributed by atoms with Gasteiger partial charge in [0.25, 0.3) is 0 Å². The van der Waals surface area contributed by atoms with Crippen molar-refractivity contribution in [1.29, 1.82) is 0 Å². The number of hydrogen-bond acceptors (Lipinski definition) is 5.